The first-order chi connectivity index (χ1) is 8.96. The number of nitrogens with one attached hydrogen (secondary N) is 1. The number of halogens is 2. The van der Waals surface area contributed by atoms with Crippen molar-refractivity contribution in [3.63, 3.8) is 0 Å². The molecule has 3 rings (SSSR count). The summed E-state index contributed by atoms with van der Waals surface area (Å²) in [6.07, 6.45) is 1.53. The van der Waals surface area contributed by atoms with Crippen molar-refractivity contribution in [2.75, 3.05) is 0 Å². The molecule has 19 heavy (non-hydrogen) atoms. The molecular formula is C14H13F2NO2. The van der Waals surface area contributed by atoms with Gasteiger partial charge >= 0.3 is 5.97 Å². The number of carboxylic acids is 1. The molecule has 0 aliphatic heterocycles. The highest BCUT2D eigenvalue weighted by Gasteiger charge is 2.75. The molecule has 0 saturated heterocycles. The number of H-pyrrole nitrogens is 1. The third kappa shape index (κ3) is 1.72. The molecule has 1 heterocycles. The number of aliphatic carboxylic acids is 1. The van der Waals surface area contributed by atoms with E-state index < -0.39 is 23.7 Å². The third-order valence-corrected chi connectivity index (χ3v) is 4.00. The van der Waals surface area contributed by atoms with Gasteiger partial charge in [0.05, 0.1) is 0 Å². The monoisotopic (exact) mass is 265 g/mol. The third-order valence-electron chi connectivity index (χ3n) is 4.00. The van der Waals surface area contributed by atoms with E-state index in [9.17, 15) is 13.6 Å². The zero-order chi connectivity index (χ0) is 13.7. The van der Waals surface area contributed by atoms with E-state index >= 15 is 0 Å². The number of rotatable bonds is 4. The van der Waals surface area contributed by atoms with E-state index in [1.165, 1.54) is 0 Å². The summed E-state index contributed by atoms with van der Waals surface area (Å²) in [5.74, 6) is -4.46. The molecule has 1 saturated carbocycles. The Morgan fingerprint density at radius 2 is 2.05 bits per heavy atom. The number of aryl methyl sites for hydroxylation is 1. The van der Waals surface area contributed by atoms with Crippen LogP contribution in [-0.2, 0) is 11.2 Å². The SMILES string of the molecule is O=C(O)C1(CCc2c[nH]c3ccccc23)CC1(F)F. The van der Waals surface area contributed by atoms with Crippen molar-refractivity contribution in [1.29, 1.82) is 0 Å². The van der Waals surface area contributed by atoms with Crippen LogP contribution in [0.1, 0.15) is 18.4 Å². The van der Waals surface area contributed by atoms with Crippen LogP contribution in [0, 0.1) is 5.41 Å². The largest absolute Gasteiger partial charge is 0.481 e. The second kappa shape index (κ2) is 3.79. The van der Waals surface area contributed by atoms with Crippen molar-refractivity contribution < 1.29 is 18.7 Å². The minimum Gasteiger partial charge on any atom is -0.481 e. The van der Waals surface area contributed by atoms with Crippen LogP contribution in [0.4, 0.5) is 8.78 Å². The first-order valence-electron chi connectivity index (χ1n) is 6.12. The minimum atomic E-state index is -3.06. The molecule has 1 aliphatic rings. The molecule has 100 valence electrons. The summed E-state index contributed by atoms with van der Waals surface area (Å²) in [7, 11) is 0. The molecule has 5 heteroatoms. The van der Waals surface area contributed by atoms with Crippen LogP contribution in [0.15, 0.2) is 30.5 Å². The highest BCUT2D eigenvalue weighted by Crippen LogP contribution is 2.63. The van der Waals surface area contributed by atoms with E-state index in [-0.39, 0.29) is 6.42 Å². The molecule has 1 unspecified atom stereocenters. The zero-order valence-electron chi connectivity index (χ0n) is 10.1. The summed E-state index contributed by atoms with van der Waals surface area (Å²) >= 11 is 0. The van der Waals surface area contributed by atoms with Gasteiger partial charge in [-0.2, -0.15) is 0 Å². The molecule has 1 aromatic carbocycles. The van der Waals surface area contributed by atoms with Gasteiger partial charge in [-0.25, -0.2) is 8.78 Å². The predicted molar refractivity (Wildman–Crippen MR) is 66.3 cm³/mol. The van der Waals surface area contributed by atoms with E-state index in [0.717, 1.165) is 16.5 Å². The average Bonchev–Trinajstić information content (AvgIpc) is 2.76. The Hall–Kier alpha value is -1.91. The summed E-state index contributed by atoms with van der Waals surface area (Å²) in [6, 6.07) is 7.56. The molecular weight excluding hydrogens is 252 g/mol. The molecule has 1 fully saturated rings. The molecule has 0 spiro atoms. The number of carboxylic acid groups (broad SMARTS) is 1. The zero-order valence-corrected chi connectivity index (χ0v) is 10.1. The van der Waals surface area contributed by atoms with Gasteiger partial charge in [-0.3, -0.25) is 4.79 Å². The van der Waals surface area contributed by atoms with Gasteiger partial charge in [0, 0.05) is 23.5 Å². The lowest BCUT2D eigenvalue weighted by molar-refractivity contribution is -0.147. The maximum absolute atomic E-state index is 13.3. The molecule has 2 aromatic rings. The number of para-hydroxylation sites is 1. The molecule has 1 atom stereocenters. The molecule has 0 amide bonds. The highest BCUT2D eigenvalue weighted by atomic mass is 19.3. The quantitative estimate of drug-likeness (QED) is 0.891. The van der Waals surface area contributed by atoms with Gasteiger partial charge in [-0.15, -0.1) is 0 Å². The van der Waals surface area contributed by atoms with Crippen molar-refractivity contribution in [2.45, 2.75) is 25.2 Å². The Balaban J connectivity index is 1.82. The van der Waals surface area contributed by atoms with Crippen molar-refractivity contribution >= 4 is 16.9 Å². The Bertz CT molecular complexity index is 650. The fourth-order valence-electron chi connectivity index (χ4n) is 2.63. The number of fused-ring (bicyclic) bond motifs is 1. The minimum absolute atomic E-state index is 0.0306. The lowest BCUT2D eigenvalue weighted by Gasteiger charge is -2.10. The summed E-state index contributed by atoms with van der Waals surface area (Å²) in [5, 5.41) is 9.96. The van der Waals surface area contributed by atoms with Crippen molar-refractivity contribution in [3.05, 3.63) is 36.0 Å². The van der Waals surface area contributed by atoms with Gasteiger partial charge in [0.25, 0.3) is 5.92 Å². The highest BCUT2D eigenvalue weighted by molar-refractivity contribution is 5.83. The summed E-state index contributed by atoms with van der Waals surface area (Å²) in [4.78, 5) is 14.1. The second-order valence-corrected chi connectivity index (χ2v) is 5.13. The first-order valence-corrected chi connectivity index (χ1v) is 6.12. The van der Waals surface area contributed by atoms with Crippen molar-refractivity contribution in [1.82, 2.24) is 4.98 Å². The van der Waals surface area contributed by atoms with Crippen LogP contribution in [0.2, 0.25) is 0 Å². The number of aromatic amines is 1. The Morgan fingerprint density at radius 3 is 2.68 bits per heavy atom. The number of hydrogen-bond acceptors (Lipinski definition) is 1. The van der Waals surface area contributed by atoms with Gasteiger partial charge in [0.2, 0.25) is 0 Å². The first kappa shape index (κ1) is 12.1. The van der Waals surface area contributed by atoms with Crippen LogP contribution in [0.3, 0.4) is 0 Å². The van der Waals surface area contributed by atoms with Crippen LogP contribution in [0.5, 0.6) is 0 Å². The molecule has 1 aliphatic carbocycles. The second-order valence-electron chi connectivity index (χ2n) is 5.13. The topological polar surface area (TPSA) is 53.1 Å². The standard InChI is InChI=1S/C14H13F2NO2/c15-14(16)8-13(14,12(18)19)6-5-9-7-17-11-4-2-1-3-10(9)11/h1-4,7,17H,5-6,8H2,(H,18,19). The van der Waals surface area contributed by atoms with Gasteiger partial charge in [-0.05, 0) is 24.5 Å². The lowest BCUT2D eigenvalue weighted by atomic mass is 9.96. The summed E-state index contributed by atoms with van der Waals surface area (Å²) < 4.78 is 26.5. The van der Waals surface area contributed by atoms with E-state index in [0.29, 0.717) is 6.42 Å². The van der Waals surface area contributed by atoms with Gasteiger partial charge in [-0.1, -0.05) is 18.2 Å². The normalized spacial score (nSPS) is 24.5. The maximum atomic E-state index is 13.3. The Morgan fingerprint density at radius 1 is 1.37 bits per heavy atom. The van der Waals surface area contributed by atoms with E-state index in [1.807, 2.05) is 24.3 Å². The Kier molecular flexibility index (Phi) is 2.42. The lowest BCUT2D eigenvalue weighted by Crippen LogP contribution is -2.23. The molecule has 1 aromatic heterocycles. The van der Waals surface area contributed by atoms with Crippen LogP contribution in [-0.4, -0.2) is 22.0 Å². The summed E-state index contributed by atoms with van der Waals surface area (Å²) in [5.41, 5.74) is -0.0332. The maximum Gasteiger partial charge on any atom is 0.316 e. The number of hydrogen-bond donors (Lipinski definition) is 2. The number of carbonyl (C=O) groups is 1. The summed E-state index contributed by atoms with van der Waals surface area (Å²) in [6.45, 7) is 0. The number of aromatic nitrogens is 1. The average molecular weight is 265 g/mol. The van der Waals surface area contributed by atoms with Crippen LogP contribution in [0.25, 0.3) is 10.9 Å². The fourth-order valence-corrected chi connectivity index (χ4v) is 2.63. The predicted octanol–water partition coefficient (Wildman–Crippen LogP) is 3.21. The van der Waals surface area contributed by atoms with Gasteiger partial charge in [0.1, 0.15) is 5.41 Å². The van der Waals surface area contributed by atoms with Gasteiger partial charge < -0.3 is 10.1 Å². The van der Waals surface area contributed by atoms with Crippen LogP contribution < -0.4 is 0 Å². The van der Waals surface area contributed by atoms with E-state index in [1.54, 1.807) is 6.20 Å². The van der Waals surface area contributed by atoms with E-state index in [2.05, 4.69) is 4.98 Å². The van der Waals surface area contributed by atoms with Gasteiger partial charge in [0.15, 0.2) is 0 Å². The fraction of sp³-hybridized carbons (Fsp3) is 0.357. The Labute approximate surface area is 108 Å². The smallest absolute Gasteiger partial charge is 0.316 e. The van der Waals surface area contributed by atoms with Crippen molar-refractivity contribution in [3.8, 4) is 0 Å². The molecule has 3 nitrogen and oxygen atoms in total. The molecule has 0 bridgehead atoms. The molecule has 2 N–H and O–H groups in total. The van der Waals surface area contributed by atoms with E-state index in [4.69, 9.17) is 5.11 Å². The molecule has 0 radical (unpaired) electrons. The number of benzene rings is 1. The van der Waals surface area contributed by atoms with Crippen LogP contribution >= 0.6 is 0 Å². The number of alkyl halides is 2. The van der Waals surface area contributed by atoms with Crippen molar-refractivity contribution in [2.24, 2.45) is 5.41 Å².